The number of likely N-dealkylation sites (N-methyl/N-ethyl adjacent to an activating group) is 1. The second-order valence-electron chi connectivity index (χ2n) is 7.79. The minimum Gasteiger partial charge on any atom is -0.482 e. The predicted octanol–water partition coefficient (Wildman–Crippen LogP) is 2.81. The number of benzene rings is 1. The standard InChI is InChI=1S/C22H24ClN5O2/c1-26-17-11-15(3-5-19(17)30-14-21(26)29)22-18(13-27-9-2-7-24-8-10-27)28-12-16(23)4-6-20(28)25-22/h3-6,11-12,24H,2,7-10,13-14H2,1H3. The van der Waals surface area contributed by atoms with E-state index in [-0.39, 0.29) is 12.5 Å². The van der Waals surface area contributed by atoms with Crippen LogP contribution >= 0.6 is 11.6 Å². The molecule has 8 heteroatoms. The van der Waals surface area contributed by atoms with Crippen LogP contribution in [-0.4, -0.2) is 60.0 Å². The molecule has 1 fully saturated rings. The highest BCUT2D eigenvalue weighted by Gasteiger charge is 2.24. The van der Waals surface area contributed by atoms with Gasteiger partial charge in [-0.1, -0.05) is 11.6 Å². The lowest BCUT2D eigenvalue weighted by molar-refractivity contribution is -0.120. The highest BCUT2D eigenvalue weighted by Crippen LogP contribution is 2.36. The number of carbonyl (C=O) groups is 1. The summed E-state index contributed by atoms with van der Waals surface area (Å²) in [5.74, 6) is 0.659. The van der Waals surface area contributed by atoms with Crippen molar-refractivity contribution in [1.82, 2.24) is 19.6 Å². The van der Waals surface area contributed by atoms with Crippen LogP contribution in [0.15, 0.2) is 36.5 Å². The number of imidazole rings is 1. The molecule has 0 spiro atoms. The third-order valence-electron chi connectivity index (χ3n) is 5.81. The summed E-state index contributed by atoms with van der Waals surface area (Å²) in [7, 11) is 1.78. The highest BCUT2D eigenvalue weighted by atomic mass is 35.5. The van der Waals surface area contributed by atoms with Crippen LogP contribution in [0.5, 0.6) is 5.75 Å². The van der Waals surface area contributed by atoms with Crippen LogP contribution in [0, 0.1) is 0 Å². The second-order valence-corrected chi connectivity index (χ2v) is 8.22. The maximum atomic E-state index is 12.1. The Balaban J connectivity index is 1.61. The molecular weight excluding hydrogens is 402 g/mol. The molecule has 0 radical (unpaired) electrons. The van der Waals surface area contributed by atoms with E-state index in [1.165, 1.54) is 0 Å². The van der Waals surface area contributed by atoms with Crippen molar-refractivity contribution in [2.24, 2.45) is 0 Å². The molecule has 2 aliphatic rings. The third-order valence-corrected chi connectivity index (χ3v) is 6.03. The number of aromatic nitrogens is 2. The molecule has 1 saturated heterocycles. The van der Waals surface area contributed by atoms with Crippen molar-refractivity contribution in [1.29, 1.82) is 0 Å². The third kappa shape index (κ3) is 3.53. The smallest absolute Gasteiger partial charge is 0.264 e. The van der Waals surface area contributed by atoms with Crippen LogP contribution in [0.1, 0.15) is 12.1 Å². The minimum atomic E-state index is -0.0567. The van der Waals surface area contributed by atoms with Gasteiger partial charge >= 0.3 is 0 Å². The zero-order valence-corrected chi connectivity index (χ0v) is 17.7. The van der Waals surface area contributed by atoms with E-state index in [9.17, 15) is 4.79 Å². The van der Waals surface area contributed by atoms with Gasteiger partial charge in [-0.05, 0) is 49.8 Å². The summed E-state index contributed by atoms with van der Waals surface area (Å²) < 4.78 is 7.67. The lowest BCUT2D eigenvalue weighted by Gasteiger charge is -2.26. The molecule has 30 heavy (non-hydrogen) atoms. The van der Waals surface area contributed by atoms with Crippen LogP contribution in [0.3, 0.4) is 0 Å². The summed E-state index contributed by atoms with van der Waals surface area (Å²) in [6.07, 6.45) is 3.05. The van der Waals surface area contributed by atoms with Gasteiger partial charge in [0.15, 0.2) is 6.61 Å². The average Bonchev–Trinajstić information content (AvgIpc) is 2.91. The van der Waals surface area contributed by atoms with Gasteiger partial charge in [-0.3, -0.25) is 9.69 Å². The molecule has 0 saturated carbocycles. The largest absolute Gasteiger partial charge is 0.482 e. The molecule has 1 N–H and O–H groups in total. The monoisotopic (exact) mass is 425 g/mol. The van der Waals surface area contributed by atoms with E-state index in [1.807, 2.05) is 36.5 Å². The number of ether oxygens (including phenoxy) is 1. The van der Waals surface area contributed by atoms with E-state index in [0.29, 0.717) is 10.8 Å². The average molecular weight is 426 g/mol. The van der Waals surface area contributed by atoms with Crippen LogP contribution < -0.4 is 15.0 Å². The molecule has 5 rings (SSSR count). The Hall–Kier alpha value is -2.61. The van der Waals surface area contributed by atoms with Crippen molar-refractivity contribution >= 4 is 28.8 Å². The molecule has 0 unspecified atom stereocenters. The predicted molar refractivity (Wildman–Crippen MR) is 117 cm³/mol. The van der Waals surface area contributed by atoms with Crippen molar-refractivity contribution < 1.29 is 9.53 Å². The number of hydrogen-bond acceptors (Lipinski definition) is 5. The van der Waals surface area contributed by atoms with Crippen LogP contribution in [0.4, 0.5) is 5.69 Å². The number of amides is 1. The summed E-state index contributed by atoms with van der Waals surface area (Å²) >= 11 is 6.31. The van der Waals surface area contributed by atoms with E-state index in [0.717, 1.165) is 67.4 Å². The summed E-state index contributed by atoms with van der Waals surface area (Å²) in [5, 5.41) is 4.13. The van der Waals surface area contributed by atoms with Gasteiger partial charge in [-0.2, -0.15) is 0 Å². The van der Waals surface area contributed by atoms with Gasteiger partial charge in [0.2, 0.25) is 0 Å². The number of nitrogens with one attached hydrogen (secondary N) is 1. The fraction of sp³-hybridized carbons (Fsp3) is 0.364. The maximum absolute atomic E-state index is 12.1. The van der Waals surface area contributed by atoms with Crippen LogP contribution in [-0.2, 0) is 11.3 Å². The first-order chi connectivity index (χ1) is 14.6. The normalized spacial score (nSPS) is 17.7. The van der Waals surface area contributed by atoms with Gasteiger partial charge in [-0.15, -0.1) is 0 Å². The highest BCUT2D eigenvalue weighted by molar-refractivity contribution is 6.30. The maximum Gasteiger partial charge on any atom is 0.264 e. The Morgan fingerprint density at radius 1 is 1.20 bits per heavy atom. The summed E-state index contributed by atoms with van der Waals surface area (Å²) in [4.78, 5) is 21.1. The molecule has 1 aromatic carbocycles. The Kier molecular flexibility index (Phi) is 5.10. The second kappa shape index (κ2) is 7.91. The van der Waals surface area contributed by atoms with Crippen molar-refractivity contribution in [3.8, 4) is 17.0 Å². The van der Waals surface area contributed by atoms with E-state index in [2.05, 4.69) is 14.6 Å². The number of carbonyl (C=O) groups excluding carboxylic acids is 1. The van der Waals surface area contributed by atoms with Crippen molar-refractivity contribution in [3.63, 3.8) is 0 Å². The van der Waals surface area contributed by atoms with Gasteiger partial charge in [0.05, 0.1) is 22.1 Å². The Labute approximate surface area is 180 Å². The Bertz CT molecular complexity index is 1100. The van der Waals surface area contributed by atoms with Crippen molar-refractivity contribution in [3.05, 3.63) is 47.2 Å². The van der Waals surface area contributed by atoms with E-state index >= 15 is 0 Å². The summed E-state index contributed by atoms with van der Waals surface area (Å²) in [6.45, 7) is 4.91. The topological polar surface area (TPSA) is 62.1 Å². The number of pyridine rings is 1. The van der Waals surface area contributed by atoms with Gasteiger partial charge in [0.25, 0.3) is 5.91 Å². The lowest BCUT2D eigenvalue weighted by atomic mass is 10.1. The molecule has 0 atom stereocenters. The quantitative estimate of drug-likeness (QED) is 0.699. The lowest BCUT2D eigenvalue weighted by Crippen LogP contribution is -2.35. The Morgan fingerprint density at radius 2 is 2.10 bits per heavy atom. The van der Waals surface area contributed by atoms with E-state index < -0.39 is 0 Å². The first-order valence-electron chi connectivity index (χ1n) is 10.2. The minimum absolute atomic E-state index is 0.0567. The number of fused-ring (bicyclic) bond motifs is 2. The summed E-state index contributed by atoms with van der Waals surface area (Å²) in [6, 6.07) is 9.73. The summed E-state index contributed by atoms with van der Waals surface area (Å²) in [5.41, 5.74) is 4.59. The van der Waals surface area contributed by atoms with Crippen molar-refractivity contribution in [2.75, 3.05) is 44.7 Å². The number of nitrogens with zero attached hydrogens (tertiary/aromatic N) is 4. The Morgan fingerprint density at radius 3 is 3.00 bits per heavy atom. The van der Waals surface area contributed by atoms with Crippen LogP contribution in [0.25, 0.3) is 16.9 Å². The van der Waals surface area contributed by atoms with Gasteiger partial charge in [0.1, 0.15) is 11.4 Å². The first kappa shape index (κ1) is 19.4. The van der Waals surface area contributed by atoms with E-state index in [4.69, 9.17) is 21.3 Å². The number of rotatable bonds is 3. The molecule has 156 valence electrons. The SMILES string of the molecule is CN1C(=O)COc2ccc(-c3nc4ccc(Cl)cn4c3CN3CCCNCC3)cc21. The van der Waals surface area contributed by atoms with Gasteiger partial charge in [-0.25, -0.2) is 4.98 Å². The van der Waals surface area contributed by atoms with E-state index in [1.54, 1.807) is 11.9 Å². The molecular formula is C22H24ClN5O2. The molecule has 7 nitrogen and oxygen atoms in total. The zero-order valence-electron chi connectivity index (χ0n) is 16.9. The molecule has 2 aromatic heterocycles. The number of hydrogen-bond donors (Lipinski definition) is 1. The number of halogens is 1. The molecule has 0 aliphatic carbocycles. The molecule has 1 amide bonds. The molecule has 3 aromatic rings. The first-order valence-corrected chi connectivity index (χ1v) is 10.6. The van der Waals surface area contributed by atoms with Crippen molar-refractivity contribution in [2.45, 2.75) is 13.0 Å². The number of anilines is 1. The molecule has 0 bridgehead atoms. The fourth-order valence-electron chi connectivity index (χ4n) is 4.14. The molecule has 4 heterocycles. The molecule has 2 aliphatic heterocycles. The fourth-order valence-corrected chi connectivity index (χ4v) is 4.30. The zero-order chi connectivity index (χ0) is 20.7. The van der Waals surface area contributed by atoms with Crippen LogP contribution in [0.2, 0.25) is 5.02 Å². The van der Waals surface area contributed by atoms with Gasteiger partial charge < -0.3 is 19.4 Å². The van der Waals surface area contributed by atoms with Gasteiger partial charge in [0, 0.05) is 38.4 Å².